The molecule has 0 radical (unpaired) electrons. The molecule has 0 bridgehead atoms. The summed E-state index contributed by atoms with van der Waals surface area (Å²) in [5.41, 5.74) is 9.05. The zero-order valence-corrected chi connectivity index (χ0v) is 23.8. The van der Waals surface area contributed by atoms with Gasteiger partial charge < -0.3 is 19.9 Å². The van der Waals surface area contributed by atoms with Gasteiger partial charge in [-0.1, -0.05) is 39.1 Å². The van der Waals surface area contributed by atoms with E-state index in [0.717, 1.165) is 87.6 Å². The van der Waals surface area contributed by atoms with Gasteiger partial charge in [0.05, 0.1) is 30.7 Å². The number of hydrogen-bond acceptors (Lipinski definition) is 5. The minimum atomic E-state index is 0.416. The van der Waals surface area contributed by atoms with Crippen LogP contribution in [0, 0.1) is 19.8 Å². The molecule has 4 aromatic rings. The minimum absolute atomic E-state index is 0.416. The van der Waals surface area contributed by atoms with Crippen LogP contribution in [0.5, 0.6) is 5.75 Å². The van der Waals surface area contributed by atoms with Crippen LogP contribution >= 0.6 is 0 Å². The SMILES string of the molecule is C=CC(=C)Nc1cc(-c2c(-c3cnn(C4CCN(C)CC4)c3)[nH]c3ncc(OCC(C)C)c(C)c23)ccc1C. The summed E-state index contributed by atoms with van der Waals surface area (Å²) in [6.07, 6.45) is 9.94. The van der Waals surface area contributed by atoms with Crippen LogP contribution in [0.2, 0.25) is 0 Å². The van der Waals surface area contributed by atoms with E-state index < -0.39 is 0 Å². The van der Waals surface area contributed by atoms with Crippen molar-refractivity contribution in [1.82, 2.24) is 24.6 Å². The summed E-state index contributed by atoms with van der Waals surface area (Å²) < 4.78 is 8.33. The monoisotopic (exact) mass is 524 g/mol. The molecule has 1 fully saturated rings. The first kappa shape index (κ1) is 26.8. The summed E-state index contributed by atoms with van der Waals surface area (Å²) in [4.78, 5) is 10.8. The summed E-state index contributed by atoms with van der Waals surface area (Å²) in [5, 5.41) is 9.28. The van der Waals surface area contributed by atoms with Crippen molar-refractivity contribution in [3.8, 4) is 28.1 Å². The highest BCUT2D eigenvalue weighted by Gasteiger charge is 2.24. The molecule has 0 spiro atoms. The maximum atomic E-state index is 6.18. The van der Waals surface area contributed by atoms with Crippen LogP contribution in [0.4, 0.5) is 5.69 Å². The van der Waals surface area contributed by atoms with Gasteiger partial charge in [-0.25, -0.2) is 4.98 Å². The Morgan fingerprint density at radius 1 is 1.21 bits per heavy atom. The van der Waals surface area contributed by atoms with Gasteiger partial charge in [0.1, 0.15) is 11.4 Å². The molecular weight excluding hydrogens is 484 g/mol. The highest BCUT2D eigenvalue weighted by molar-refractivity contribution is 6.05. The standard InChI is InChI=1S/C32H40N6O/c1-8-22(5)35-27-15-24(10-9-21(27)4)30-29-23(6)28(39-19-20(2)3)17-33-32(29)36-31(30)25-16-34-38(18-25)26-11-13-37(7)14-12-26/h8-10,15-18,20,26,35H,1,5,11-14,19H2,2-4,6-7H3,(H,33,36). The third-order valence-corrected chi connectivity index (χ3v) is 7.63. The molecule has 5 rings (SSSR count). The van der Waals surface area contributed by atoms with Gasteiger partial charge >= 0.3 is 0 Å². The van der Waals surface area contributed by atoms with E-state index in [1.165, 1.54) is 0 Å². The van der Waals surface area contributed by atoms with E-state index in [4.69, 9.17) is 14.8 Å². The zero-order chi connectivity index (χ0) is 27.7. The summed E-state index contributed by atoms with van der Waals surface area (Å²) in [6, 6.07) is 6.91. The van der Waals surface area contributed by atoms with E-state index >= 15 is 0 Å². The molecule has 204 valence electrons. The Morgan fingerprint density at radius 3 is 2.69 bits per heavy atom. The molecule has 0 amide bonds. The van der Waals surface area contributed by atoms with E-state index in [0.29, 0.717) is 18.6 Å². The Hall–Kier alpha value is -3.84. The summed E-state index contributed by atoms with van der Waals surface area (Å²) >= 11 is 0. The molecule has 1 aliphatic rings. The second-order valence-corrected chi connectivity index (χ2v) is 11.2. The highest BCUT2D eigenvalue weighted by atomic mass is 16.5. The van der Waals surface area contributed by atoms with Crippen molar-refractivity contribution in [2.75, 3.05) is 32.1 Å². The van der Waals surface area contributed by atoms with Crippen molar-refractivity contribution in [3.05, 3.63) is 72.8 Å². The minimum Gasteiger partial charge on any atom is -0.491 e. The van der Waals surface area contributed by atoms with Crippen LogP contribution in [0.15, 0.2) is 61.7 Å². The van der Waals surface area contributed by atoms with Crippen LogP contribution < -0.4 is 10.1 Å². The number of benzene rings is 1. The predicted octanol–water partition coefficient (Wildman–Crippen LogP) is 7.12. The number of piperidine rings is 1. The predicted molar refractivity (Wildman–Crippen MR) is 161 cm³/mol. The molecule has 4 heterocycles. The van der Waals surface area contributed by atoms with Gasteiger partial charge in [0.15, 0.2) is 0 Å². The average molecular weight is 525 g/mol. The largest absolute Gasteiger partial charge is 0.491 e. The molecule has 1 saturated heterocycles. The van der Waals surface area contributed by atoms with Gasteiger partial charge in [0.25, 0.3) is 0 Å². The van der Waals surface area contributed by atoms with Crippen molar-refractivity contribution in [3.63, 3.8) is 0 Å². The Labute approximate surface area is 231 Å². The number of rotatable bonds is 9. The van der Waals surface area contributed by atoms with Gasteiger partial charge in [-0.3, -0.25) is 4.68 Å². The average Bonchev–Trinajstić information content (AvgIpc) is 3.55. The van der Waals surface area contributed by atoms with Crippen molar-refractivity contribution in [1.29, 1.82) is 0 Å². The third kappa shape index (κ3) is 5.50. The molecule has 3 aromatic heterocycles. The van der Waals surface area contributed by atoms with E-state index in [-0.39, 0.29) is 0 Å². The van der Waals surface area contributed by atoms with E-state index in [1.807, 2.05) is 12.4 Å². The molecule has 1 aliphatic heterocycles. The molecule has 0 saturated carbocycles. The lowest BCUT2D eigenvalue weighted by atomic mass is 9.96. The summed E-state index contributed by atoms with van der Waals surface area (Å²) in [6.45, 7) is 19.3. The van der Waals surface area contributed by atoms with Crippen LogP contribution in [-0.4, -0.2) is 51.4 Å². The van der Waals surface area contributed by atoms with Gasteiger partial charge in [-0.05, 0) is 76.0 Å². The molecule has 0 unspecified atom stereocenters. The number of hydrogen-bond donors (Lipinski definition) is 2. The number of fused-ring (bicyclic) bond motifs is 1. The first-order valence-corrected chi connectivity index (χ1v) is 13.8. The van der Waals surface area contributed by atoms with Crippen LogP contribution in [0.3, 0.4) is 0 Å². The smallest absolute Gasteiger partial charge is 0.141 e. The number of likely N-dealkylation sites (tertiary alicyclic amines) is 1. The van der Waals surface area contributed by atoms with Crippen LogP contribution in [0.25, 0.3) is 33.4 Å². The van der Waals surface area contributed by atoms with Crippen molar-refractivity contribution in [2.24, 2.45) is 5.92 Å². The highest BCUT2D eigenvalue weighted by Crippen LogP contribution is 2.42. The Balaban J connectivity index is 1.66. The number of H-pyrrole nitrogens is 1. The Morgan fingerprint density at radius 2 is 1.97 bits per heavy atom. The fraction of sp³-hybridized carbons (Fsp3) is 0.375. The number of ether oxygens (including phenoxy) is 1. The molecule has 39 heavy (non-hydrogen) atoms. The lowest BCUT2D eigenvalue weighted by Crippen LogP contribution is -2.31. The van der Waals surface area contributed by atoms with Crippen molar-refractivity contribution >= 4 is 16.7 Å². The molecule has 1 aromatic carbocycles. The number of pyridine rings is 1. The molecule has 2 N–H and O–H groups in total. The molecule has 0 aliphatic carbocycles. The summed E-state index contributed by atoms with van der Waals surface area (Å²) in [7, 11) is 2.19. The third-order valence-electron chi connectivity index (χ3n) is 7.63. The quantitative estimate of drug-likeness (QED) is 0.228. The van der Waals surface area contributed by atoms with Gasteiger partial charge in [-0.2, -0.15) is 5.10 Å². The summed E-state index contributed by atoms with van der Waals surface area (Å²) in [5.74, 6) is 1.24. The molecule has 0 atom stereocenters. The first-order chi connectivity index (χ1) is 18.7. The maximum absolute atomic E-state index is 6.18. The number of aromatic amines is 1. The van der Waals surface area contributed by atoms with Crippen molar-refractivity contribution < 1.29 is 4.74 Å². The lowest BCUT2D eigenvalue weighted by Gasteiger charge is -2.28. The zero-order valence-electron chi connectivity index (χ0n) is 23.8. The number of aryl methyl sites for hydroxylation is 2. The molecular formula is C32H40N6O. The normalized spacial score (nSPS) is 14.7. The second kappa shape index (κ2) is 11.1. The number of anilines is 1. The van der Waals surface area contributed by atoms with Gasteiger partial charge in [-0.15, -0.1) is 0 Å². The maximum Gasteiger partial charge on any atom is 0.141 e. The topological polar surface area (TPSA) is 71.0 Å². The second-order valence-electron chi connectivity index (χ2n) is 11.2. The number of allylic oxidation sites excluding steroid dienone is 1. The molecule has 7 nitrogen and oxygen atoms in total. The molecule has 7 heteroatoms. The fourth-order valence-corrected chi connectivity index (χ4v) is 5.26. The Kier molecular flexibility index (Phi) is 7.62. The van der Waals surface area contributed by atoms with Gasteiger partial charge in [0.2, 0.25) is 0 Å². The number of nitrogens with zero attached hydrogens (tertiary/aromatic N) is 4. The first-order valence-electron chi connectivity index (χ1n) is 13.8. The fourth-order valence-electron chi connectivity index (χ4n) is 5.26. The van der Waals surface area contributed by atoms with Gasteiger partial charge in [0, 0.05) is 39.7 Å². The number of aromatic nitrogens is 4. The lowest BCUT2D eigenvalue weighted by molar-refractivity contribution is 0.212. The number of nitrogens with one attached hydrogen (secondary N) is 2. The Bertz CT molecular complexity index is 1500. The van der Waals surface area contributed by atoms with E-state index in [2.05, 4.69) is 92.2 Å². The van der Waals surface area contributed by atoms with Crippen molar-refractivity contribution in [2.45, 2.75) is 46.6 Å². The van der Waals surface area contributed by atoms with E-state index in [1.54, 1.807) is 6.08 Å². The van der Waals surface area contributed by atoms with E-state index in [9.17, 15) is 0 Å². The van der Waals surface area contributed by atoms with Crippen LogP contribution in [0.1, 0.15) is 43.9 Å². The van der Waals surface area contributed by atoms with Crippen LogP contribution in [-0.2, 0) is 0 Å².